The Labute approximate surface area is 120 Å². The van der Waals surface area contributed by atoms with Crippen LogP contribution >= 0.6 is 0 Å². The van der Waals surface area contributed by atoms with Crippen LogP contribution in [0.5, 0.6) is 0 Å². The standard InChI is InChI=1S/C15H22O2.CO2/c1-6-12-7-9-13(10-8-12)11(2)14(16)17-15(3,4)5;2-1-3/h7-11H,6H2,1-5H3;/t11-;/m0./s1. The van der Waals surface area contributed by atoms with Crippen LogP contribution in [0.3, 0.4) is 0 Å². The Kier molecular flexibility index (Phi) is 7.48. The SMILES string of the molecule is CCc1ccc([C@H](C)C(=O)OC(C)(C)C)cc1.O=C=O. The normalized spacial score (nSPS) is 11.7. The molecule has 0 heterocycles. The number of ether oxygens (including phenoxy) is 1. The summed E-state index contributed by atoms with van der Waals surface area (Å²) in [6.07, 6.45) is 1.26. The number of rotatable bonds is 3. The molecule has 1 aromatic carbocycles. The van der Waals surface area contributed by atoms with Crippen molar-refractivity contribution in [1.29, 1.82) is 0 Å². The first-order valence-electron chi connectivity index (χ1n) is 6.56. The van der Waals surface area contributed by atoms with E-state index in [0.717, 1.165) is 12.0 Å². The van der Waals surface area contributed by atoms with E-state index in [9.17, 15) is 4.79 Å². The molecule has 0 aromatic heterocycles. The molecule has 0 amide bonds. The van der Waals surface area contributed by atoms with Gasteiger partial charge in [0.1, 0.15) is 5.60 Å². The summed E-state index contributed by atoms with van der Waals surface area (Å²) in [4.78, 5) is 28.1. The minimum atomic E-state index is -0.422. The summed E-state index contributed by atoms with van der Waals surface area (Å²) in [5, 5.41) is 0. The Hall–Kier alpha value is -1.93. The Morgan fingerprint density at radius 1 is 1.20 bits per heavy atom. The molecule has 110 valence electrons. The number of hydrogen-bond acceptors (Lipinski definition) is 4. The lowest BCUT2D eigenvalue weighted by atomic mass is 9.99. The molecule has 0 unspecified atom stereocenters. The van der Waals surface area contributed by atoms with Crippen molar-refractivity contribution in [3.8, 4) is 0 Å². The van der Waals surface area contributed by atoms with Crippen LogP contribution in [-0.4, -0.2) is 17.7 Å². The van der Waals surface area contributed by atoms with Crippen LogP contribution in [0.2, 0.25) is 0 Å². The fourth-order valence-corrected chi connectivity index (χ4v) is 1.57. The van der Waals surface area contributed by atoms with Crippen LogP contribution in [-0.2, 0) is 25.5 Å². The van der Waals surface area contributed by atoms with Gasteiger partial charge in [0.05, 0.1) is 5.92 Å². The quantitative estimate of drug-likeness (QED) is 0.797. The molecule has 1 aromatic rings. The Morgan fingerprint density at radius 3 is 2.00 bits per heavy atom. The lowest BCUT2D eigenvalue weighted by Crippen LogP contribution is -2.26. The first-order chi connectivity index (χ1) is 9.25. The van der Waals surface area contributed by atoms with Crippen molar-refractivity contribution >= 4 is 12.1 Å². The average molecular weight is 278 g/mol. The fraction of sp³-hybridized carbons (Fsp3) is 0.500. The summed E-state index contributed by atoms with van der Waals surface area (Å²) in [6.45, 7) is 9.66. The second kappa shape index (κ2) is 8.28. The van der Waals surface area contributed by atoms with Crippen LogP contribution in [0.1, 0.15) is 51.7 Å². The Bertz CT molecular complexity index is 448. The van der Waals surface area contributed by atoms with Crippen LogP contribution in [0.4, 0.5) is 0 Å². The van der Waals surface area contributed by atoms with E-state index in [0.29, 0.717) is 0 Å². The molecule has 0 saturated heterocycles. The number of benzene rings is 1. The van der Waals surface area contributed by atoms with Gasteiger partial charge in [-0.05, 0) is 45.2 Å². The van der Waals surface area contributed by atoms with Gasteiger partial charge in [-0.25, -0.2) is 0 Å². The van der Waals surface area contributed by atoms with E-state index in [1.807, 2.05) is 39.8 Å². The monoisotopic (exact) mass is 278 g/mol. The predicted octanol–water partition coefficient (Wildman–Crippen LogP) is 3.11. The molecule has 0 aliphatic carbocycles. The number of carbonyl (C=O) groups excluding carboxylic acids is 3. The highest BCUT2D eigenvalue weighted by molar-refractivity contribution is 5.78. The molecule has 4 nitrogen and oxygen atoms in total. The summed E-state index contributed by atoms with van der Waals surface area (Å²) in [6, 6.07) is 8.15. The summed E-state index contributed by atoms with van der Waals surface area (Å²) in [7, 11) is 0. The average Bonchev–Trinajstić information content (AvgIpc) is 2.37. The third kappa shape index (κ3) is 6.86. The number of esters is 1. The van der Waals surface area contributed by atoms with E-state index in [2.05, 4.69) is 19.1 Å². The van der Waals surface area contributed by atoms with E-state index in [4.69, 9.17) is 14.3 Å². The summed E-state index contributed by atoms with van der Waals surface area (Å²) < 4.78 is 5.37. The minimum Gasteiger partial charge on any atom is -0.460 e. The highest BCUT2D eigenvalue weighted by Gasteiger charge is 2.22. The molecule has 0 radical (unpaired) electrons. The van der Waals surface area contributed by atoms with Crippen molar-refractivity contribution in [2.75, 3.05) is 0 Å². The Balaban J connectivity index is 0.00000110. The predicted molar refractivity (Wildman–Crippen MR) is 75.1 cm³/mol. The lowest BCUT2D eigenvalue weighted by Gasteiger charge is -2.22. The number of aryl methyl sites for hydroxylation is 1. The van der Waals surface area contributed by atoms with Gasteiger partial charge in [-0.3, -0.25) is 4.79 Å². The van der Waals surface area contributed by atoms with Crippen molar-refractivity contribution in [2.45, 2.75) is 52.6 Å². The van der Waals surface area contributed by atoms with Gasteiger partial charge in [-0.2, -0.15) is 9.59 Å². The summed E-state index contributed by atoms with van der Waals surface area (Å²) in [5.74, 6) is -0.373. The molecular weight excluding hydrogens is 256 g/mol. The zero-order chi connectivity index (χ0) is 15.8. The van der Waals surface area contributed by atoms with Gasteiger partial charge in [0.15, 0.2) is 0 Å². The third-order valence-electron chi connectivity index (χ3n) is 2.65. The van der Waals surface area contributed by atoms with E-state index in [1.54, 1.807) is 0 Å². The molecule has 1 rings (SSSR count). The molecule has 0 aliphatic heterocycles. The molecule has 0 saturated carbocycles. The van der Waals surface area contributed by atoms with E-state index >= 15 is 0 Å². The molecule has 0 bridgehead atoms. The van der Waals surface area contributed by atoms with Gasteiger partial charge in [-0.15, -0.1) is 0 Å². The van der Waals surface area contributed by atoms with E-state index in [-0.39, 0.29) is 18.0 Å². The van der Waals surface area contributed by atoms with Crippen LogP contribution < -0.4 is 0 Å². The van der Waals surface area contributed by atoms with Crippen molar-refractivity contribution in [1.82, 2.24) is 0 Å². The smallest absolute Gasteiger partial charge is 0.373 e. The first kappa shape index (κ1) is 18.1. The highest BCUT2D eigenvalue weighted by Crippen LogP contribution is 2.20. The molecule has 0 spiro atoms. The van der Waals surface area contributed by atoms with Gasteiger partial charge in [-0.1, -0.05) is 31.2 Å². The second-order valence-electron chi connectivity index (χ2n) is 5.43. The number of hydrogen-bond donors (Lipinski definition) is 0. The zero-order valence-electron chi connectivity index (χ0n) is 12.7. The minimum absolute atomic E-state index is 0.165. The van der Waals surface area contributed by atoms with Crippen LogP contribution in [0.15, 0.2) is 24.3 Å². The molecular formula is C16H22O4. The van der Waals surface area contributed by atoms with Crippen LogP contribution in [0.25, 0.3) is 0 Å². The highest BCUT2D eigenvalue weighted by atomic mass is 16.6. The molecule has 0 fully saturated rings. The lowest BCUT2D eigenvalue weighted by molar-refractivity contribution is -0.191. The maximum absolute atomic E-state index is 11.9. The summed E-state index contributed by atoms with van der Waals surface area (Å²) in [5.41, 5.74) is 1.87. The maximum Gasteiger partial charge on any atom is 0.373 e. The Morgan fingerprint density at radius 2 is 1.65 bits per heavy atom. The molecule has 0 N–H and O–H groups in total. The molecule has 0 aliphatic rings. The van der Waals surface area contributed by atoms with Crippen molar-refractivity contribution < 1.29 is 19.1 Å². The first-order valence-corrected chi connectivity index (χ1v) is 6.56. The fourth-order valence-electron chi connectivity index (χ4n) is 1.57. The van der Waals surface area contributed by atoms with Gasteiger partial charge in [0.25, 0.3) is 0 Å². The van der Waals surface area contributed by atoms with Gasteiger partial charge >= 0.3 is 12.1 Å². The second-order valence-corrected chi connectivity index (χ2v) is 5.43. The largest absolute Gasteiger partial charge is 0.460 e. The van der Waals surface area contributed by atoms with Gasteiger partial charge in [0, 0.05) is 0 Å². The van der Waals surface area contributed by atoms with E-state index < -0.39 is 5.60 Å². The maximum atomic E-state index is 11.9. The van der Waals surface area contributed by atoms with Gasteiger partial charge in [0.2, 0.25) is 0 Å². The van der Waals surface area contributed by atoms with Crippen molar-refractivity contribution in [2.24, 2.45) is 0 Å². The van der Waals surface area contributed by atoms with Crippen molar-refractivity contribution in [3.05, 3.63) is 35.4 Å². The number of carbonyl (C=O) groups is 1. The molecule has 4 heteroatoms. The van der Waals surface area contributed by atoms with E-state index in [1.165, 1.54) is 5.56 Å². The van der Waals surface area contributed by atoms with Gasteiger partial charge < -0.3 is 4.74 Å². The topological polar surface area (TPSA) is 60.4 Å². The third-order valence-corrected chi connectivity index (χ3v) is 2.65. The molecule has 20 heavy (non-hydrogen) atoms. The summed E-state index contributed by atoms with van der Waals surface area (Å²) >= 11 is 0. The van der Waals surface area contributed by atoms with Crippen LogP contribution in [0, 0.1) is 0 Å². The van der Waals surface area contributed by atoms with Crippen molar-refractivity contribution in [3.63, 3.8) is 0 Å². The zero-order valence-corrected chi connectivity index (χ0v) is 12.7. The molecule has 1 atom stereocenters.